The molecule has 0 saturated carbocycles. The highest BCUT2D eigenvalue weighted by molar-refractivity contribution is 5.76. The first-order valence-electron chi connectivity index (χ1n) is 7.45. The molecule has 1 amide bonds. The first kappa shape index (κ1) is 14.7. The summed E-state index contributed by atoms with van der Waals surface area (Å²) in [5.41, 5.74) is 6.36. The molecular formula is C16H24N2O2. The Morgan fingerprint density at radius 2 is 2.35 bits per heavy atom. The van der Waals surface area contributed by atoms with Gasteiger partial charge in [-0.25, -0.2) is 0 Å². The second-order valence-corrected chi connectivity index (χ2v) is 5.43. The quantitative estimate of drug-likeness (QED) is 0.841. The van der Waals surface area contributed by atoms with Crippen LogP contribution in [0.25, 0.3) is 0 Å². The van der Waals surface area contributed by atoms with Crippen LogP contribution in [0.1, 0.15) is 32.6 Å². The number of piperidine rings is 1. The summed E-state index contributed by atoms with van der Waals surface area (Å²) in [6.07, 6.45) is 3.97. The summed E-state index contributed by atoms with van der Waals surface area (Å²) in [6, 6.07) is 7.30. The Bertz CT molecular complexity index is 448. The Morgan fingerprint density at radius 3 is 3.10 bits per heavy atom. The van der Waals surface area contributed by atoms with Gasteiger partial charge in [0.1, 0.15) is 5.75 Å². The number of benzene rings is 1. The van der Waals surface area contributed by atoms with Gasteiger partial charge in [0, 0.05) is 24.8 Å². The van der Waals surface area contributed by atoms with Gasteiger partial charge in [0.05, 0.1) is 13.0 Å². The lowest BCUT2D eigenvalue weighted by Crippen LogP contribution is -2.40. The summed E-state index contributed by atoms with van der Waals surface area (Å²) in [6.45, 7) is 4.42. The summed E-state index contributed by atoms with van der Waals surface area (Å²) >= 11 is 0. The Kier molecular flexibility index (Phi) is 5.27. The molecule has 1 heterocycles. The van der Waals surface area contributed by atoms with E-state index < -0.39 is 0 Å². The van der Waals surface area contributed by atoms with Gasteiger partial charge >= 0.3 is 0 Å². The molecule has 2 N–H and O–H groups in total. The Morgan fingerprint density at radius 1 is 1.50 bits per heavy atom. The van der Waals surface area contributed by atoms with Crippen molar-refractivity contribution < 1.29 is 9.53 Å². The maximum absolute atomic E-state index is 12.1. The molecule has 1 aromatic carbocycles. The third-order valence-corrected chi connectivity index (χ3v) is 3.89. The molecule has 1 aliphatic rings. The molecular weight excluding hydrogens is 252 g/mol. The lowest BCUT2D eigenvalue weighted by molar-refractivity contribution is -0.133. The summed E-state index contributed by atoms with van der Waals surface area (Å²) in [5.74, 6) is 1.59. The second-order valence-electron chi connectivity index (χ2n) is 5.43. The fraction of sp³-hybridized carbons (Fsp3) is 0.562. The fourth-order valence-corrected chi connectivity index (χ4v) is 2.64. The van der Waals surface area contributed by atoms with Crippen LogP contribution in [0.3, 0.4) is 0 Å². The Labute approximate surface area is 120 Å². The number of amides is 1. The van der Waals surface area contributed by atoms with Gasteiger partial charge in [0.2, 0.25) is 5.91 Å². The van der Waals surface area contributed by atoms with E-state index in [-0.39, 0.29) is 5.91 Å². The van der Waals surface area contributed by atoms with Crippen molar-refractivity contribution in [3.8, 4) is 5.75 Å². The third kappa shape index (κ3) is 4.15. The molecule has 1 unspecified atom stereocenters. The number of likely N-dealkylation sites (tertiary alicyclic amines) is 1. The van der Waals surface area contributed by atoms with Crippen LogP contribution in [0.5, 0.6) is 5.75 Å². The van der Waals surface area contributed by atoms with Crippen LogP contribution in [-0.2, 0) is 4.79 Å². The number of carbonyl (C=O) groups is 1. The standard InChI is InChI=1S/C16H24N2O2/c1-2-13-5-4-9-18(12-13)16(19)8-10-20-15-7-3-6-14(17)11-15/h3,6-7,11,13H,2,4-5,8-10,12,17H2,1H3. The van der Waals surface area contributed by atoms with Gasteiger partial charge in [0.15, 0.2) is 0 Å². The molecule has 0 bridgehead atoms. The zero-order valence-corrected chi connectivity index (χ0v) is 12.2. The van der Waals surface area contributed by atoms with Crippen molar-refractivity contribution in [2.45, 2.75) is 32.6 Å². The van der Waals surface area contributed by atoms with Gasteiger partial charge in [-0.15, -0.1) is 0 Å². The fourth-order valence-electron chi connectivity index (χ4n) is 2.64. The molecule has 4 nitrogen and oxygen atoms in total. The van der Waals surface area contributed by atoms with Crippen LogP contribution in [0.2, 0.25) is 0 Å². The molecule has 1 saturated heterocycles. The van der Waals surface area contributed by atoms with Crippen LogP contribution in [0.15, 0.2) is 24.3 Å². The van der Waals surface area contributed by atoms with Gasteiger partial charge in [0.25, 0.3) is 0 Å². The van der Waals surface area contributed by atoms with E-state index in [9.17, 15) is 4.79 Å². The highest BCUT2D eigenvalue weighted by Gasteiger charge is 2.22. The molecule has 0 aliphatic carbocycles. The number of hydrogen-bond donors (Lipinski definition) is 1. The van der Waals surface area contributed by atoms with Gasteiger partial charge < -0.3 is 15.4 Å². The van der Waals surface area contributed by atoms with Crippen LogP contribution in [0.4, 0.5) is 5.69 Å². The number of carbonyl (C=O) groups excluding carboxylic acids is 1. The molecule has 1 aromatic rings. The van der Waals surface area contributed by atoms with E-state index in [0.717, 1.165) is 31.7 Å². The van der Waals surface area contributed by atoms with Crippen molar-refractivity contribution in [3.63, 3.8) is 0 Å². The number of nitrogen functional groups attached to an aromatic ring is 1. The minimum absolute atomic E-state index is 0.201. The smallest absolute Gasteiger partial charge is 0.226 e. The normalized spacial score (nSPS) is 18.9. The van der Waals surface area contributed by atoms with E-state index in [1.165, 1.54) is 6.42 Å². The predicted molar refractivity (Wildman–Crippen MR) is 80.6 cm³/mol. The zero-order chi connectivity index (χ0) is 14.4. The van der Waals surface area contributed by atoms with Crippen molar-refractivity contribution in [2.75, 3.05) is 25.4 Å². The van der Waals surface area contributed by atoms with E-state index in [4.69, 9.17) is 10.5 Å². The predicted octanol–water partition coefficient (Wildman–Crippen LogP) is 2.69. The van der Waals surface area contributed by atoms with Crippen LogP contribution in [0, 0.1) is 5.92 Å². The molecule has 2 rings (SSSR count). The average Bonchev–Trinajstić information content (AvgIpc) is 2.47. The van der Waals surface area contributed by atoms with Crippen molar-refractivity contribution >= 4 is 11.6 Å². The summed E-state index contributed by atoms with van der Waals surface area (Å²) in [5, 5.41) is 0. The molecule has 4 heteroatoms. The Hall–Kier alpha value is -1.71. The molecule has 110 valence electrons. The third-order valence-electron chi connectivity index (χ3n) is 3.89. The second kappa shape index (κ2) is 7.17. The minimum atomic E-state index is 0.201. The van der Waals surface area contributed by atoms with Gasteiger partial charge in [-0.1, -0.05) is 19.4 Å². The van der Waals surface area contributed by atoms with Crippen molar-refractivity contribution in [3.05, 3.63) is 24.3 Å². The van der Waals surface area contributed by atoms with Gasteiger partial charge in [-0.2, -0.15) is 0 Å². The monoisotopic (exact) mass is 276 g/mol. The largest absolute Gasteiger partial charge is 0.493 e. The lowest BCUT2D eigenvalue weighted by atomic mass is 9.95. The molecule has 0 radical (unpaired) electrons. The molecule has 1 aliphatic heterocycles. The number of ether oxygens (including phenoxy) is 1. The Balaban J connectivity index is 1.75. The maximum Gasteiger partial charge on any atom is 0.226 e. The highest BCUT2D eigenvalue weighted by Crippen LogP contribution is 2.20. The van der Waals surface area contributed by atoms with Crippen LogP contribution < -0.4 is 10.5 Å². The molecule has 0 spiro atoms. The summed E-state index contributed by atoms with van der Waals surface area (Å²) in [4.78, 5) is 14.1. The molecule has 0 aromatic heterocycles. The number of hydrogen-bond acceptors (Lipinski definition) is 3. The molecule has 20 heavy (non-hydrogen) atoms. The van der Waals surface area contributed by atoms with Crippen molar-refractivity contribution in [1.82, 2.24) is 4.90 Å². The van der Waals surface area contributed by atoms with Gasteiger partial charge in [-0.05, 0) is 30.9 Å². The molecule has 1 fully saturated rings. The summed E-state index contributed by atoms with van der Waals surface area (Å²) in [7, 11) is 0. The average molecular weight is 276 g/mol. The SMILES string of the molecule is CCC1CCCN(C(=O)CCOc2cccc(N)c2)C1. The highest BCUT2D eigenvalue weighted by atomic mass is 16.5. The first-order valence-corrected chi connectivity index (χ1v) is 7.45. The zero-order valence-electron chi connectivity index (χ0n) is 12.2. The minimum Gasteiger partial charge on any atom is -0.493 e. The number of rotatable bonds is 5. The van der Waals surface area contributed by atoms with Gasteiger partial charge in [-0.3, -0.25) is 4.79 Å². The molecule has 1 atom stereocenters. The van der Waals surface area contributed by atoms with Crippen molar-refractivity contribution in [1.29, 1.82) is 0 Å². The van der Waals surface area contributed by atoms with E-state index in [2.05, 4.69) is 6.92 Å². The number of anilines is 1. The van der Waals surface area contributed by atoms with Crippen LogP contribution in [-0.4, -0.2) is 30.5 Å². The number of nitrogens with two attached hydrogens (primary N) is 1. The van der Waals surface area contributed by atoms with E-state index in [1.54, 1.807) is 6.07 Å². The van der Waals surface area contributed by atoms with Crippen molar-refractivity contribution in [2.24, 2.45) is 5.92 Å². The first-order chi connectivity index (χ1) is 9.69. The van der Waals surface area contributed by atoms with Crippen LogP contribution >= 0.6 is 0 Å². The lowest BCUT2D eigenvalue weighted by Gasteiger charge is -2.32. The summed E-state index contributed by atoms with van der Waals surface area (Å²) < 4.78 is 5.57. The number of nitrogens with zero attached hydrogens (tertiary/aromatic N) is 1. The topological polar surface area (TPSA) is 55.6 Å². The van der Waals surface area contributed by atoms with E-state index in [1.807, 2.05) is 23.1 Å². The van der Waals surface area contributed by atoms with E-state index in [0.29, 0.717) is 24.6 Å². The maximum atomic E-state index is 12.1. The van der Waals surface area contributed by atoms with E-state index >= 15 is 0 Å².